The van der Waals surface area contributed by atoms with Crippen LogP contribution >= 0.6 is 11.6 Å². The van der Waals surface area contributed by atoms with Gasteiger partial charge in [-0.25, -0.2) is 0 Å². The van der Waals surface area contributed by atoms with Crippen LogP contribution in [0.15, 0.2) is 30.3 Å². The Hall–Kier alpha value is -2.27. The van der Waals surface area contributed by atoms with Crippen LogP contribution in [0.4, 0.5) is 5.69 Å². The van der Waals surface area contributed by atoms with Gasteiger partial charge >= 0.3 is 0 Å². The third-order valence-corrected chi connectivity index (χ3v) is 3.37. The van der Waals surface area contributed by atoms with E-state index in [1.165, 1.54) is 0 Å². The van der Waals surface area contributed by atoms with Crippen molar-refractivity contribution in [1.29, 1.82) is 0 Å². The molecule has 6 heteroatoms. The number of halogens is 1. The van der Waals surface area contributed by atoms with E-state index >= 15 is 0 Å². The highest BCUT2D eigenvalue weighted by molar-refractivity contribution is 6.32. The summed E-state index contributed by atoms with van der Waals surface area (Å²) in [7, 11) is 4.70. The lowest BCUT2D eigenvalue weighted by Gasteiger charge is -2.15. The van der Waals surface area contributed by atoms with Crippen LogP contribution in [0, 0.1) is 0 Å². The molecule has 0 bridgehead atoms. The fourth-order valence-corrected chi connectivity index (χ4v) is 2.26. The molecule has 0 radical (unpaired) electrons. The molecule has 0 saturated carbocycles. The second-order valence-corrected chi connectivity index (χ2v) is 4.92. The third kappa shape index (κ3) is 3.49. The zero-order chi connectivity index (χ0) is 16.1. The molecule has 2 aromatic rings. The highest BCUT2D eigenvalue weighted by Gasteiger charge is 2.13. The summed E-state index contributed by atoms with van der Waals surface area (Å²) in [5.74, 6) is 2.25. The minimum atomic E-state index is 0.306. The number of methoxy groups -OCH3 is 3. The zero-order valence-electron chi connectivity index (χ0n) is 12.7. The van der Waals surface area contributed by atoms with E-state index in [1.54, 1.807) is 39.5 Å². The molecule has 2 rings (SSSR count). The lowest BCUT2D eigenvalue weighted by Crippen LogP contribution is -2.00. The second-order valence-electron chi connectivity index (χ2n) is 4.51. The molecular weight excluding hydrogens is 306 g/mol. The van der Waals surface area contributed by atoms with Crippen LogP contribution in [0.25, 0.3) is 0 Å². The Morgan fingerprint density at radius 2 is 1.55 bits per heavy atom. The number of hydrogen-bond donors (Lipinski definition) is 1. The third-order valence-electron chi connectivity index (χ3n) is 3.07. The average Bonchev–Trinajstić information content (AvgIpc) is 2.52. The molecule has 2 N–H and O–H groups in total. The van der Waals surface area contributed by atoms with E-state index in [1.807, 2.05) is 12.1 Å². The molecule has 0 aliphatic carbocycles. The Kier molecular flexibility index (Phi) is 5.22. The number of hydrogen-bond acceptors (Lipinski definition) is 5. The summed E-state index contributed by atoms with van der Waals surface area (Å²) in [6.07, 6.45) is 0. The zero-order valence-corrected chi connectivity index (χ0v) is 13.4. The standard InChI is InChI=1S/C16H18ClNO4/c1-19-14-6-10(7-15(20-2)16(14)21-3)9-22-13-5-4-11(18)8-12(13)17/h4-8H,9,18H2,1-3H3. The van der Waals surface area contributed by atoms with Crippen molar-refractivity contribution in [2.45, 2.75) is 6.61 Å². The summed E-state index contributed by atoms with van der Waals surface area (Å²) in [4.78, 5) is 0. The van der Waals surface area contributed by atoms with Gasteiger partial charge < -0.3 is 24.7 Å². The summed E-state index contributed by atoms with van der Waals surface area (Å²) in [5, 5.41) is 0.465. The highest BCUT2D eigenvalue weighted by atomic mass is 35.5. The molecule has 0 amide bonds. The molecule has 0 heterocycles. The first kappa shape index (κ1) is 16.1. The first-order chi connectivity index (χ1) is 10.6. The number of nitrogens with two attached hydrogens (primary N) is 1. The van der Waals surface area contributed by atoms with E-state index in [2.05, 4.69) is 0 Å². The van der Waals surface area contributed by atoms with Crippen LogP contribution < -0.4 is 24.7 Å². The summed E-state index contributed by atoms with van der Waals surface area (Å²) in [6, 6.07) is 8.76. The van der Waals surface area contributed by atoms with Crippen LogP contribution in [0.1, 0.15) is 5.56 Å². The maximum atomic E-state index is 6.09. The Morgan fingerprint density at radius 3 is 2.05 bits per heavy atom. The van der Waals surface area contributed by atoms with Crippen LogP contribution in [-0.4, -0.2) is 21.3 Å². The van der Waals surface area contributed by atoms with Crippen LogP contribution in [0.2, 0.25) is 5.02 Å². The predicted octanol–water partition coefficient (Wildman–Crippen LogP) is 3.53. The molecular formula is C16H18ClNO4. The number of rotatable bonds is 6. The number of nitrogen functional groups attached to an aromatic ring is 1. The lowest BCUT2D eigenvalue weighted by molar-refractivity contribution is 0.298. The fraction of sp³-hybridized carbons (Fsp3) is 0.250. The Balaban J connectivity index is 2.22. The van der Waals surface area contributed by atoms with Crippen molar-refractivity contribution >= 4 is 17.3 Å². The van der Waals surface area contributed by atoms with Crippen molar-refractivity contribution in [1.82, 2.24) is 0 Å². The van der Waals surface area contributed by atoms with E-state index < -0.39 is 0 Å². The monoisotopic (exact) mass is 323 g/mol. The minimum absolute atomic E-state index is 0.306. The maximum absolute atomic E-state index is 6.09. The van der Waals surface area contributed by atoms with Crippen molar-refractivity contribution in [2.75, 3.05) is 27.1 Å². The van der Waals surface area contributed by atoms with E-state index in [0.717, 1.165) is 5.56 Å². The second kappa shape index (κ2) is 7.13. The van der Waals surface area contributed by atoms with Crippen molar-refractivity contribution in [2.24, 2.45) is 0 Å². The Labute approximate surface area is 134 Å². The van der Waals surface area contributed by atoms with Crippen LogP contribution in [0.3, 0.4) is 0 Å². The van der Waals surface area contributed by atoms with E-state index in [4.69, 9.17) is 36.3 Å². The van der Waals surface area contributed by atoms with Crippen molar-refractivity contribution < 1.29 is 18.9 Å². The smallest absolute Gasteiger partial charge is 0.203 e. The number of anilines is 1. The van der Waals surface area contributed by atoms with Gasteiger partial charge in [0, 0.05) is 5.69 Å². The molecule has 0 fully saturated rings. The molecule has 0 spiro atoms. The van der Waals surface area contributed by atoms with Gasteiger partial charge in [-0.15, -0.1) is 0 Å². The topological polar surface area (TPSA) is 62.9 Å². The summed E-state index contributed by atoms with van der Waals surface area (Å²) >= 11 is 6.09. The molecule has 5 nitrogen and oxygen atoms in total. The molecule has 0 atom stereocenters. The molecule has 118 valence electrons. The lowest BCUT2D eigenvalue weighted by atomic mass is 10.2. The van der Waals surface area contributed by atoms with E-state index in [0.29, 0.717) is 40.3 Å². The van der Waals surface area contributed by atoms with Crippen molar-refractivity contribution in [3.63, 3.8) is 0 Å². The van der Waals surface area contributed by atoms with Gasteiger partial charge in [-0.3, -0.25) is 0 Å². The molecule has 22 heavy (non-hydrogen) atoms. The first-order valence-corrected chi connectivity index (χ1v) is 6.93. The van der Waals surface area contributed by atoms with Gasteiger partial charge in [0.15, 0.2) is 11.5 Å². The molecule has 0 aliphatic heterocycles. The Bertz CT molecular complexity index is 636. The number of benzene rings is 2. The normalized spacial score (nSPS) is 10.2. The summed E-state index contributed by atoms with van der Waals surface area (Å²) in [6.45, 7) is 0.306. The van der Waals surface area contributed by atoms with Crippen molar-refractivity contribution in [3.8, 4) is 23.0 Å². The van der Waals surface area contributed by atoms with E-state index in [-0.39, 0.29) is 0 Å². The van der Waals surface area contributed by atoms with Gasteiger partial charge in [0.25, 0.3) is 0 Å². The molecule has 0 saturated heterocycles. The molecule has 0 aromatic heterocycles. The van der Waals surface area contributed by atoms with Gasteiger partial charge in [0.1, 0.15) is 12.4 Å². The predicted molar refractivity (Wildman–Crippen MR) is 86.3 cm³/mol. The average molecular weight is 324 g/mol. The van der Waals surface area contributed by atoms with Crippen LogP contribution in [0.5, 0.6) is 23.0 Å². The van der Waals surface area contributed by atoms with Gasteiger partial charge in [0.2, 0.25) is 5.75 Å². The van der Waals surface area contributed by atoms with Gasteiger partial charge in [-0.2, -0.15) is 0 Å². The largest absolute Gasteiger partial charge is 0.493 e. The van der Waals surface area contributed by atoms with Gasteiger partial charge in [-0.1, -0.05) is 11.6 Å². The number of ether oxygens (including phenoxy) is 4. The Morgan fingerprint density at radius 1 is 0.909 bits per heavy atom. The quantitative estimate of drug-likeness (QED) is 0.824. The highest BCUT2D eigenvalue weighted by Crippen LogP contribution is 2.38. The first-order valence-electron chi connectivity index (χ1n) is 6.55. The fourth-order valence-electron chi connectivity index (χ4n) is 2.01. The molecule has 0 unspecified atom stereocenters. The van der Waals surface area contributed by atoms with Crippen molar-refractivity contribution in [3.05, 3.63) is 40.9 Å². The molecule has 0 aliphatic rings. The van der Waals surface area contributed by atoms with Gasteiger partial charge in [-0.05, 0) is 35.9 Å². The SMILES string of the molecule is COc1cc(COc2ccc(N)cc2Cl)cc(OC)c1OC. The van der Waals surface area contributed by atoms with E-state index in [9.17, 15) is 0 Å². The maximum Gasteiger partial charge on any atom is 0.203 e. The summed E-state index contributed by atoms with van der Waals surface area (Å²) < 4.78 is 21.6. The minimum Gasteiger partial charge on any atom is -0.493 e. The summed E-state index contributed by atoms with van der Waals surface area (Å²) in [5.41, 5.74) is 7.11. The van der Waals surface area contributed by atoms with Gasteiger partial charge in [0.05, 0.1) is 26.4 Å². The molecule has 2 aromatic carbocycles. The van der Waals surface area contributed by atoms with Crippen LogP contribution in [-0.2, 0) is 6.61 Å².